The van der Waals surface area contributed by atoms with Gasteiger partial charge in [0.1, 0.15) is 16.7 Å². The number of carboxylic acid groups (broad SMARTS) is 2. The highest BCUT2D eigenvalue weighted by atomic mass is 79.9. The highest BCUT2D eigenvalue weighted by molar-refractivity contribution is 9.10. The lowest BCUT2D eigenvalue weighted by atomic mass is 10.1. The molecule has 1 aromatic heterocycles. The summed E-state index contributed by atoms with van der Waals surface area (Å²) in [6.07, 6.45) is 2.39. The molecule has 2 heterocycles. The molecule has 0 aromatic carbocycles. The fourth-order valence-corrected chi connectivity index (χ4v) is 4.35. The van der Waals surface area contributed by atoms with E-state index in [2.05, 4.69) is 31.7 Å². The number of hydrazine groups is 1. The van der Waals surface area contributed by atoms with Crippen molar-refractivity contribution in [3.63, 3.8) is 0 Å². The smallest absolute Gasteiger partial charge is 0.322 e. The molecule has 2 amide bonds. The third-order valence-electron chi connectivity index (χ3n) is 5.02. The van der Waals surface area contributed by atoms with Gasteiger partial charge in [-0.1, -0.05) is 13.8 Å². The predicted molar refractivity (Wildman–Crippen MR) is 116 cm³/mol. The second-order valence-electron chi connectivity index (χ2n) is 7.55. The third-order valence-corrected chi connectivity index (χ3v) is 6.60. The van der Waals surface area contributed by atoms with Crippen molar-refractivity contribution in [3.05, 3.63) is 15.0 Å². The summed E-state index contributed by atoms with van der Waals surface area (Å²) in [4.78, 5) is 50.2. The number of carbonyl (C=O) groups excluding carboxylic acids is 2. The van der Waals surface area contributed by atoms with E-state index < -0.39 is 24.0 Å². The first-order valence-corrected chi connectivity index (χ1v) is 11.7. The number of carboxylic acids is 2. The lowest BCUT2D eigenvalue weighted by Gasteiger charge is -2.34. The summed E-state index contributed by atoms with van der Waals surface area (Å²) in [5.74, 6) is -1.90. The Bertz CT molecular complexity index is 819. The average molecular weight is 519 g/mol. The number of rotatable bonds is 7. The van der Waals surface area contributed by atoms with Gasteiger partial charge in [0.05, 0.1) is 5.01 Å². The molecule has 31 heavy (non-hydrogen) atoms. The Morgan fingerprint density at radius 3 is 2.52 bits per heavy atom. The Hall–Kier alpha value is -2.05. The first kappa shape index (κ1) is 25.2. The van der Waals surface area contributed by atoms with Crippen LogP contribution >= 0.6 is 27.3 Å². The number of nitrogens with zero attached hydrogens (tertiary/aromatic N) is 2. The average Bonchev–Trinajstić information content (AvgIpc) is 3.34. The predicted octanol–water partition coefficient (Wildman–Crippen LogP) is 1.65. The van der Waals surface area contributed by atoms with Crippen molar-refractivity contribution in [1.82, 2.24) is 20.7 Å². The van der Waals surface area contributed by atoms with E-state index in [1.807, 2.05) is 12.3 Å². The van der Waals surface area contributed by atoms with Crippen LogP contribution in [0.1, 0.15) is 44.5 Å². The summed E-state index contributed by atoms with van der Waals surface area (Å²) in [5, 5.41) is 23.6. The van der Waals surface area contributed by atoms with E-state index in [1.165, 1.54) is 16.3 Å². The van der Waals surface area contributed by atoms with E-state index in [0.717, 1.165) is 11.4 Å². The summed E-state index contributed by atoms with van der Waals surface area (Å²) in [5.41, 5.74) is 2.76. The van der Waals surface area contributed by atoms with Crippen LogP contribution in [-0.2, 0) is 25.6 Å². The van der Waals surface area contributed by atoms with Crippen molar-refractivity contribution in [1.29, 1.82) is 0 Å². The minimum absolute atomic E-state index is 0.0468. The molecule has 4 atom stereocenters. The number of amides is 2. The van der Waals surface area contributed by atoms with Gasteiger partial charge >= 0.3 is 11.9 Å². The largest absolute Gasteiger partial charge is 0.481 e. The molecule has 0 bridgehead atoms. The van der Waals surface area contributed by atoms with Gasteiger partial charge in [-0.05, 0) is 41.1 Å². The van der Waals surface area contributed by atoms with Crippen LogP contribution in [0, 0.1) is 11.8 Å². The molecule has 1 saturated heterocycles. The quantitative estimate of drug-likeness (QED) is 0.425. The first-order chi connectivity index (χ1) is 14.6. The molecule has 0 spiro atoms. The minimum Gasteiger partial charge on any atom is -0.481 e. The summed E-state index contributed by atoms with van der Waals surface area (Å²) in [6, 6.07) is -1.56. The van der Waals surface area contributed by atoms with Crippen LogP contribution in [-0.4, -0.2) is 62.6 Å². The summed E-state index contributed by atoms with van der Waals surface area (Å²) in [6.45, 7) is 4.02. The highest BCUT2D eigenvalue weighted by Crippen LogP contribution is 2.37. The number of halogens is 1. The van der Waals surface area contributed by atoms with Gasteiger partial charge in [-0.3, -0.25) is 24.2 Å². The molecule has 3 rings (SSSR count). The van der Waals surface area contributed by atoms with Gasteiger partial charge in [-0.25, -0.2) is 10.4 Å². The molecule has 1 aliphatic carbocycles. The van der Waals surface area contributed by atoms with Crippen LogP contribution in [0.2, 0.25) is 0 Å². The van der Waals surface area contributed by atoms with Crippen LogP contribution in [0.3, 0.4) is 0 Å². The zero-order valence-corrected chi connectivity index (χ0v) is 19.7. The number of thiazole rings is 1. The van der Waals surface area contributed by atoms with Gasteiger partial charge < -0.3 is 15.5 Å². The molecule has 172 valence electrons. The van der Waals surface area contributed by atoms with Crippen molar-refractivity contribution in [2.24, 2.45) is 11.8 Å². The summed E-state index contributed by atoms with van der Waals surface area (Å²) >= 11 is 4.69. The highest BCUT2D eigenvalue weighted by Gasteiger charge is 2.41. The molecular weight excluding hydrogens is 492 g/mol. The maximum absolute atomic E-state index is 13.0. The van der Waals surface area contributed by atoms with Crippen LogP contribution in [0.15, 0.2) is 9.98 Å². The fraction of sp³-hybridized carbons (Fsp3) is 0.632. The van der Waals surface area contributed by atoms with Crippen LogP contribution in [0.5, 0.6) is 0 Å². The van der Waals surface area contributed by atoms with Crippen molar-refractivity contribution < 1.29 is 29.4 Å². The molecule has 1 aliphatic heterocycles. The maximum Gasteiger partial charge on any atom is 0.322 e. The van der Waals surface area contributed by atoms with Crippen LogP contribution < -0.4 is 10.7 Å². The number of aliphatic carboxylic acids is 2. The molecular formula is C19H27BrN4O6S. The number of aromatic nitrogens is 1. The molecule has 10 nitrogen and oxygen atoms in total. The standard InChI is InChI=1S/C16H21BrN4O4S.C3H6O2/c1-8-5-9(8)14(22)18-11(6-13-19-12(17)7-26-13)15(23)21-4-2-3-10(20-21)16(24)25;1-2-3(4)5/h7-11,20H,2-6H2,1H3,(H,18,22)(H,24,25);2H2,1H3,(H,4,5)/t8-,9-,10-,11-;/m0./s1. The zero-order chi connectivity index (χ0) is 23.1. The lowest BCUT2D eigenvalue weighted by Crippen LogP contribution is -2.60. The molecule has 1 saturated carbocycles. The van der Waals surface area contributed by atoms with E-state index in [1.54, 1.807) is 6.92 Å². The molecule has 1 aromatic rings. The monoisotopic (exact) mass is 518 g/mol. The van der Waals surface area contributed by atoms with Crippen molar-refractivity contribution in [3.8, 4) is 0 Å². The fourth-order valence-electron chi connectivity index (χ4n) is 3.03. The minimum atomic E-state index is -0.987. The Morgan fingerprint density at radius 2 is 2.03 bits per heavy atom. The maximum atomic E-state index is 13.0. The van der Waals surface area contributed by atoms with Crippen LogP contribution in [0.25, 0.3) is 0 Å². The van der Waals surface area contributed by atoms with Gasteiger partial charge in [-0.2, -0.15) is 0 Å². The van der Waals surface area contributed by atoms with Crippen molar-refractivity contribution >= 4 is 51.0 Å². The summed E-state index contributed by atoms with van der Waals surface area (Å²) in [7, 11) is 0. The van der Waals surface area contributed by atoms with E-state index in [4.69, 9.17) is 5.11 Å². The van der Waals surface area contributed by atoms with Gasteiger partial charge in [0.15, 0.2) is 0 Å². The molecule has 4 N–H and O–H groups in total. The first-order valence-electron chi connectivity index (χ1n) is 10.0. The number of nitrogens with one attached hydrogen (secondary N) is 2. The Morgan fingerprint density at radius 1 is 1.39 bits per heavy atom. The van der Waals surface area contributed by atoms with Gasteiger partial charge in [0.25, 0.3) is 5.91 Å². The molecule has 2 aliphatic rings. The molecule has 12 heteroatoms. The van der Waals surface area contributed by atoms with Crippen molar-refractivity contribution in [2.45, 2.75) is 58.0 Å². The lowest BCUT2D eigenvalue weighted by molar-refractivity contribution is -0.148. The molecule has 0 radical (unpaired) electrons. The van der Waals surface area contributed by atoms with Gasteiger partial charge in [-0.15, -0.1) is 11.3 Å². The van der Waals surface area contributed by atoms with E-state index in [0.29, 0.717) is 29.9 Å². The number of carbonyl (C=O) groups is 4. The molecule has 2 fully saturated rings. The topological polar surface area (TPSA) is 149 Å². The normalized spacial score (nSPS) is 23.2. The SMILES string of the molecule is CCC(=O)O.C[C@H]1C[C@@H]1C(=O)N[C@@H](Cc1nc(Br)cs1)C(=O)N1CCC[C@@H](C(=O)O)N1. The van der Waals surface area contributed by atoms with Gasteiger partial charge in [0, 0.05) is 30.7 Å². The van der Waals surface area contributed by atoms with E-state index >= 15 is 0 Å². The zero-order valence-electron chi connectivity index (χ0n) is 17.3. The Kier molecular flexibility index (Phi) is 9.38. The van der Waals surface area contributed by atoms with Crippen molar-refractivity contribution in [2.75, 3.05) is 6.54 Å². The number of hydrogen-bond donors (Lipinski definition) is 4. The number of hydrogen-bond acceptors (Lipinski definition) is 7. The third kappa shape index (κ3) is 7.86. The second kappa shape index (κ2) is 11.5. The van der Waals surface area contributed by atoms with Gasteiger partial charge in [0.2, 0.25) is 5.91 Å². The van der Waals surface area contributed by atoms with E-state index in [9.17, 15) is 24.3 Å². The second-order valence-corrected chi connectivity index (χ2v) is 9.30. The van der Waals surface area contributed by atoms with Crippen LogP contribution in [0.4, 0.5) is 0 Å². The Balaban J connectivity index is 0.000000614. The summed E-state index contributed by atoms with van der Waals surface area (Å²) < 4.78 is 0.688. The van der Waals surface area contributed by atoms with E-state index in [-0.39, 0.29) is 30.6 Å². The Labute approximate surface area is 192 Å². The molecule has 0 unspecified atom stereocenters.